The topological polar surface area (TPSA) is 60.2 Å². The number of unbranched alkanes of at least 4 members (excludes halogenated alkanes) is 1. The molecule has 0 saturated heterocycles. The van der Waals surface area contributed by atoms with Crippen LogP contribution < -0.4 is 5.73 Å². The molecule has 82 valence electrons. The average molecular weight is 199 g/mol. The van der Waals surface area contributed by atoms with Gasteiger partial charge < -0.3 is 5.73 Å². The molecule has 0 bridgehead atoms. The summed E-state index contributed by atoms with van der Waals surface area (Å²) in [6, 6.07) is 0. The van der Waals surface area contributed by atoms with Crippen molar-refractivity contribution in [1.29, 1.82) is 0 Å². The number of allylic oxidation sites excluding steroid dienone is 1. The lowest BCUT2D eigenvalue weighted by Gasteiger charge is -2.06. The third kappa shape index (κ3) is 6.40. The molecule has 3 nitrogen and oxygen atoms in total. The Morgan fingerprint density at radius 1 is 1.43 bits per heavy atom. The van der Waals surface area contributed by atoms with Gasteiger partial charge in [0.05, 0.1) is 0 Å². The highest BCUT2D eigenvalue weighted by Crippen LogP contribution is 2.10. The number of carbonyl (C=O) groups excluding carboxylic acids is 2. The Labute approximate surface area is 86.4 Å². The second kappa shape index (κ2) is 9.96. The maximum atomic E-state index is 11.0. The predicted octanol–water partition coefficient (Wildman–Crippen LogP) is 2.06. The fourth-order valence-corrected chi connectivity index (χ4v) is 0.963. The van der Waals surface area contributed by atoms with Gasteiger partial charge in [-0.1, -0.05) is 39.7 Å². The monoisotopic (exact) mass is 199 g/mol. The summed E-state index contributed by atoms with van der Waals surface area (Å²) >= 11 is 0. The van der Waals surface area contributed by atoms with Crippen LogP contribution in [0.25, 0.3) is 0 Å². The standard InChI is InChI=1S/C9H15NO2.C2H6/c1-3-5-6-7(4-2)8(11)9(10)12;1-2/h4,7H,2-3,5-6H2,1H3,(H2,10,12);1-2H3/t7-;/m0./s1. The molecule has 0 aliphatic carbocycles. The maximum Gasteiger partial charge on any atom is 0.285 e. The molecule has 0 aliphatic rings. The van der Waals surface area contributed by atoms with Gasteiger partial charge in [-0.3, -0.25) is 9.59 Å². The Morgan fingerprint density at radius 3 is 2.21 bits per heavy atom. The summed E-state index contributed by atoms with van der Waals surface area (Å²) in [4.78, 5) is 21.5. The number of carbonyl (C=O) groups is 2. The summed E-state index contributed by atoms with van der Waals surface area (Å²) in [5.41, 5.74) is 4.85. The molecule has 0 aliphatic heterocycles. The van der Waals surface area contributed by atoms with Gasteiger partial charge in [-0.25, -0.2) is 0 Å². The first-order chi connectivity index (χ1) is 6.63. The van der Waals surface area contributed by atoms with E-state index in [4.69, 9.17) is 5.73 Å². The molecule has 0 aromatic rings. The first-order valence-electron chi connectivity index (χ1n) is 5.09. The van der Waals surface area contributed by atoms with Gasteiger partial charge in [0, 0.05) is 5.92 Å². The van der Waals surface area contributed by atoms with Crippen molar-refractivity contribution >= 4 is 11.7 Å². The first kappa shape index (κ1) is 15.4. The summed E-state index contributed by atoms with van der Waals surface area (Å²) in [5, 5.41) is 0. The number of primary amides is 1. The Hall–Kier alpha value is -1.12. The van der Waals surface area contributed by atoms with Crippen LogP contribution in [0.4, 0.5) is 0 Å². The summed E-state index contributed by atoms with van der Waals surface area (Å²) in [6.07, 6.45) is 4.07. The number of Topliss-reactive ketones (excluding diaryl/α,β-unsaturated/α-hetero) is 1. The third-order valence-electron chi connectivity index (χ3n) is 1.73. The van der Waals surface area contributed by atoms with Crippen molar-refractivity contribution < 1.29 is 9.59 Å². The molecule has 0 saturated carbocycles. The van der Waals surface area contributed by atoms with Gasteiger partial charge >= 0.3 is 0 Å². The Morgan fingerprint density at radius 2 is 1.93 bits per heavy atom. The molecule has 3 heteroatoms. The summed E-state index contributed by atoms with van der Waals surface area (Å²) in [5.74, 6) is -1.78. The minimum atomic E-state index is -0.865. The Balaban J connectivity index is 0. The van der Waals surface area contributed by atoms with E-state index in [-0.39, 0.29) is 5.92 Å². The molecular formula is C11H21NO2. The van der Waals surface area contributed by atoms with Crippen LogP contribution in [0.15, 0.2) is 12.7 Å². The molecular weight excluding hydrogens is 178 g/mol. The van der Waals surface area contributed by atoms with E-state index in [1.54, 1.807) is 0 Å². The molecule has 1 amide bonds. The molecule has 0 aromatic carbocycles. The van der Waals surface area contributed by atoms with Crippen LogP contribution in [0.3, 0.4) is 0 Å². The lowest BCUT2D eigenvalue weighted by molar-refractivity contribution is -0.137. The van der Waals surface area contributed by atoms with Crippen LogP contribution in [0, 0.1) is 5.92 Å². The Kier molecular flexibility index (Phi) is 10.9. The van der Waals surface area contributed by atoms with Crippen LogP contribution in [0.5, 0.6) is 0 Å². The van der Waals surface area contributed by atoms with Crippen LogP contribution in [-0.4, -0.2) is 11.7 Å². The van der Waals surface area contributed by atoms with Gasteiger partial charge in [-0.05, 0) is 6.42 Å². The first-order valence-corrected chi connectivity index (χ1v) is 5.09. The normalized spacial score (nSPS) is 10.8. The van der Waals surface area contributed by atoms with Crippen molar-refractivity contribution in [3.8, 4) is 0 Å². The van der Waals surface area contributed by atoms with Crippen molar-refractivity contribution in [2.75, 3.05) is 0 Å². The van der Waals surface area contributed by atoms with E-state index in [0.29, 0.717) is 6.42 Å². The van der Waals surface area contributed by atoms with Crippen LogP contribution in [0.1, 0.15) is 40.0 Å². The summed E-state index contributed by atoms with van der Waals surface area (Å²) in [6.45, 7) is 9.51. The SMILES string of the molecule is C=C[C@@H](CCCC)C(=O)C(N)=O.CC. The van der Waals surface area contributed by atoms with E-state index >= 15 is 0 Å². The maximum absolute atomic E-state index is 11.0. The van der Waals surface area contributed by atoms with E-state index in [9.17, 15) is 9.59 Å². The van der Waals surface area contributed by atoms with E-state index in [1.165, 1.54) is 6.08 Å². The van der Waals surface area contributed by atoms with Crippen LogP contribution in [-0.2, 0) is 9.59 Å². The molecule has 0 unspecified atom stereocenters. The van der Waals surface area contributed by atoms with E-state index < -0.39 is 11.7 Å². The lowest BCUT2D eigenvalue weighted by Crippen LogP contribution is -2.29. The van der Waals surface area contributed by atoms with Gasteiger partial charge in [-0.2, -0.15) is 0 Å². The van der Waals surface area contributed by atoms with Crippen molar-refractivity contribution in [1.82, 2.24) is 0 Å². The highest BCUT2D eigenvalue weighted by atomic mass is 16.2. The summed E-state index contributed by atoms with van der Waals surface area (Å²) < 4.78 is 0. The number of nitrogens with two attached hydrogens (primary N) is 1. The molecule has 0 spiro atoms. The molecule has 14 heavy (non-hydrogen) atoms. The van der Waals surface area contributed by atoms with Gasteiger partial charge in [0.2, 0.25) is 5.78 Å². The number of hydrogen-bond acceptors (Lipinski definition) is 2. The van der Waals surface area contributed by atoms with Crippen molar-refractivity contribution in [2.24, 2.45) is 11.7 Å². The van der Waals surface area contributed by atoms with Crippen molar-refractivity contribution in [3.05, 3.63) is 12.7 Å². The molecule has 0 heterocycles. The van der Waals surface area contributed by atoms with E-state index in [0.717, 1.165) is 12.8 Å². The van der Waals surface area contributed by atoms with E-state index in [1.807, 2.05) is 20.8 Å². The van der Waals surface area contributed by atoms with E-state index in [2.05, 4.69) is 6.58 Å². The molecule has 0 rings (SSSR count). The van der Waals surface area contributed by atoms with Crippen LogP contribution >= 0.6 is 0 Å². The quantitative estimate of drug-likeness (QED) is 0.525. The zero-order valence-corrected chi connectivity index (χ0v) is 9.38. The lowest BCUT2D eigenvalue weighted by atomic mass is 9.97. The molecule has 0 radical (unpaired) electrons. The number of amides is 1. The molecule has 0 aromatic heterocycles. The largest absolute Gasteiger partial charge is 0.363 e. The summed E-state index contributed by atoms with van der Waals surface area (Å²) in [7, 11) is 0. The molecule has 1 atom stereocenters. The third-order valence-corrected chi connectivity index (χ3v) is 1.73. The minimum absolute atomic E-state index is 0.387. The highest BCUT2D eigenvalue weighted by Gasteiger charge is 2.18. The smallest absolute Gasteiger partial charge is 0.285 e. The van der Waals surface area contributed by atoms with Gasteiger partial charge in [0.15, 0.2) is 0 Å². The van der Waals surface area contributed by atoms with Gasteiger partial charge in [-0.15, -0.1) is 6.58 Å². The average Bonchev–Trinajstić information content (AvgIpc) is 2.21. The number of hydrogen-bond donors (Lipinski definition) is 1. The van der Waals surface area contributed by atoms with Crippen LogP contribution in [0.2, 0.25) is 0 Å². The van der Waals surface area contributed by atoms with Crippen molar-refractivity contribution in [3.63, 3.8) is 0 Å². The minimum Gasteiger partial charge on any atom is -0.363 e. The molecule has 0 fully saturated rings. The second-order valence-electron chi connectivity index (χ2n) is 2.71. The second-order valence-corrected chi connectivity index (χ2v) is 2.71. The zero-order chi connectivity index (χ0) is 11.6. The Bertz CT molecular complexity index is 188. The van der Waals surface area contributed by atoms with Gasteiger partial charge in [0.1, 0.15) is 0 Å². The highest BCUT2D eigenvalue weighted by molar-refractivity contribution is 6.36. The fourth-order valence-electron chi connectivity index (χ4n) is 0.963. The predicted molar refractivity (Wildman–Crippen MR) is 58.8 cm³/mol. The zero-order valence-electron chi connectivity index (χ0n) is 9.38. The number of ketones is 1. The fraction of sp³-hybridized carbons (Fsp3) is 0.636. The number of rotatable bonds is 6. The van der Waals surface area contributed by atoms with Gasteiger partial charge in [0.25, 0.3) is 5.91 Å². The van der Waals surface area contributed by atoms with Crippen molar-refractivity contribution in [2.45, 2.75) is 40.0 Å². The molecule has 2 N–H and O–H groups in total.